The van der Waals surface area contributed by atoms with E-state index in [2.05, 4.69) is 5.32 Å². The lowest BCUT2D eigenvalue weighted by Gasteiger charge is -2.31. The molecule has 1 unspecified atom stereocenters. The zero-order chi connectivity index (χ0) is 15.5. The summed E-state index contributed by atoms with van der Waals surface area (Å²) < 4.78 is 14.0. The van der Waals surface area contributed by atoms with E-state index in [0.29, 0.717) is 17.7 Å². The van der Waals surface area contributed by atoms with Crippen molar-refractivity contribution in [3.63, 3.8) is 0 Å². The van der Waals surface area contributed by atoms with Crippen molar-refractivity contribution in [1.29, 1.82) is 0 Å². The quantitative estimate of drug-likeness (QED) is 0.741. The van der Waals surface area contributed by atoms with Gasteiger partial charge in [-0.3, -0.25) is 4.79 Å². The molecule has 0 saturated carbocycles. The minimum Gasteiger partial charge on any atom is -0.399 e. The third-order valence-electron chi connectivity index (χ3n) is 3.29. The van der Waals surface area contributed by atoms with Crippen LogP contribution in [0.25, 0.3) is 0 Å². The fourth-order valence-electron chi connectivity index (χ4n) is 2.05. The van der Waals surface area contributed by atoms with Gasteiger partial charge in [-0.05, 0) is 36.5 Å². The van der Waals surface area contributed by atoms with Crippen LogP contribution in [0.3, 0.4) is 0 Å². The third kappa shape index (κ3) is 3.93. The van der Waals surface area contributed by atoms with E-state index < -0.39 is 11.7 Å². The Morgan fingerprint density at radius 3 is 2.55 bits per heavy atom. The molecule has 0 heterocycles. The van der Waals surface area contributed by atoms with Crippen LogP contribution in [0.1, 0.15) is 43.1 Å². The molecular formula is C15H23FN2O2. The van der Waals surface area contributed by atoms with Crippen LogP contribution in [0, 0.1) is 18.2 Å². The van der Waals surface area contributed by atoms with Gasteiger partial charge in [-0.15, -0.1) is 0 Å². The van der Waals surface area contributed by atoms with Gasteiger partial charge in [-0.1, -0.05) is 20.8 Å². The Balaban J connectivity index is 3.01. The topological polar surface area (TPSA) is 75.4 Å². The average molecular weight is 282 g/mol. The highest BCUT2D eigenvalue weighted by Gasteiger charge is 2.27. The Bertz CT molecular complexity index is 495. The van der Waals surface area contributed by atoms with Gasteiger partial charge >= 0.3 is 0 Å². The molecule has 0 fully saturated rings. The first-order chi connectivity index (χ1) is 9.16. The highest BCUT2D eigenvalue weighted by molar-refractivity contribution is 5.95. The number of nitrogens with one attached hydrogen (secondary N) is 1. The highest BCUT2D eigenvalue weighted by atomic mass is 19.1. The van der Waals surface area contributed by atoms with Gasteiger partial charge in [-0.25, -0.2) is 4.39 Å². The molecule has 1 rings (SSSR count). The lowest BCUT2D eigenvalue weighted by atomic mass is 9.84. The summed E-state index contributed by atoms with van der Waals surface area (Å²) in [7, 11) is 0. The Labute approximate surface area is 119 Å². The molecular weight excluding hydrogens is 259 g/mol. The second-order valence-electron chi connectivity index (χ2n) is 6.10. The number of carbonyl (C=O) groups excluding carboxylic acids is 1. The van der Waals surface area contributed by atoms with Crippen molar-refractivity contribution in [3.8, 4) is 0 Å². The number of aryl methyl sites for hydroxylation is 1. The van der Waals surface area contributed by atoms with Crippen LogP contribution in [-0.2, 0) is 0 Å². The first-order valence-electron chi connectivity index (χ1n) is 6.64. The zero-order valence-electron chi connectivity index (χ0n) is 12.5. The van der Waals surface area contributed by atoms with Crippen molar-refractivity contribution in [2.24, 2.45) is 5.41 Å². The number of hydrogen-bond acceptors (Lipinski definition) is 3. The van der Waals surface area contributed by atoms with Crippen molar-refractivity contribution in [2.45, 2.75) is 40.2 Å². The fraction of sp³-hybridized carbons (Fsp3) is 0.533. The molecule has 1 aromatic rings. The number of amides is 1. The third-order valence-corrected chi connectivity index (χ3v) is 3.29. The molecule has 5 heteroatoms. The van der Waals surface area contributed by atoms with E-state index in [1.807, 2.05) is 20.8 Å². The molecule has 0 spiro atoms. The van der Waals surface area contributed by atoms with Crippen LogP contribution < -0.4 is 11.1 Å². The number of carbonyl (C=O) groups is 1. The minimum absolute atomic E-state index is 0.0410. The average Bonchev–Trinajstić information content (AvgIpc) is 2.31. The van der Waals surface area contributed by atoms with Crippen molar-refractivity contribution in [1.82, 2.24) is 5.32 Å². The van der Waals surface area contributed by atoms with Gasteiger partial charge < -0.3 is 16.2 Å². The Morgan fingerprint density at radius 1 is 1.45 bits per heavy atom. The van der Waals surface area contributed by atoms with E-state index >= 15 is 0 Å². The summed E-state index contributed by atoms with van der Waals surface area (Å²) in [6, 6.07) is 2.57. The number of nitrogens with two attached hydrogens (primary N) is 1. The molecule has 0 aromatic heterocycles. The van der Waals surface area contributed by atoms with E-state index in [4.69, 9.17) is 10.8 Å². The number of nitrogen functional groups attached to an aromatic ring is 1. The number of benzene rings is 1. The predicted molar refractivity (Wildman–Crippen MR) is 78.0 cm³/mol. The van der Waals surface area contributed by atoms with Gasteiger partial charge in [0.15, 0.2) is 0 Å². The van der Waals surface area contributed by atoms with E-state index in [1.165, 1.54) is 12.1 Å². The predicted octanol–water partition coefficient (Wildman–Crippen LogP) is 2.24. The molecule has 0 saturated heterocycles. The Kier molecular flexibility index (Phi) is 5.11. The molecule has 0 aliphatic carbocycles. The molecule has 1 atom stereocenters. The molecule has 0 aliphatic rings. The molecule has 112 valence electrons. The number of aliphatic hydroxyl groups is 1. The van der Waals surface area contributed by atoms with Gasteiger partial charge in [0.2, 0.25) is 0 Å². The lowest BCUT2D eigenvalue weighted by Crippen LogP contribution is -2.44. The maximum atomic E-state index is 14.0. The number of aliphatic hydroxyl groups excluding tert-OH is 1. The molecule has 1 amide bonds. The second kappa shape index (κ2) is 6.22. The molecule has 0 aliphatic heterocycles. The molecule has 20 heavy (non-hydrogen) atoms. The first-order valence-corrected chi connectivity index (χ1v) is 6.64. The largest absolute Gasteiger partial charge is 0.399 e. The van der Waals surface area contributed by atoms with E-state index in [-0.39, 0.29) is 23.6 Å². The SMILES string of the molecule is Cc1cc(N)cc(C(=O)NC(CCO)C(C)(C)C)c1F. The minimum atomic E-state index is -0.562. The summed E-state index contributed by atoms with van der Waals surface area (Å²) in [4.78, 5) is 12.2. The first kappa shape index (κ1) is 16.4. The van der Waals surface area contributed by atoms with Gasteiger partial charge in [0.1, 0.15) is 5.82 Å². The molecule has 4 N–H and O–H groups in total. The van der Waals surface area contributed by atoms with E-state index in [1.54, 1.807) is 6.92 Å². The van der Waals surface area contributed by atoms with E-state index in [0.717, 1.165) is 0 Å². The van der Waals surface area contributed by atoms with Crippen molar-refractivity contribution in [2.75, 3.05) is 12.3 Å². The molecule has 0 bridgehead atoms. The smallest absolute Gasteiger partial charge is 0.254 e. The summed E-state index contributed by atoms with van der Waals surface area (Å²) in [6.45, 7) is 7.38. The number of anilines is 1. The summed E-state index contributed by atoms with van der Waals surface area (Å²) in [5, 5.41) is 11.9. The van der Waals surface area contributed by atoms with Gasteiger partial charge in [0.25, 0.3) is 5.91 Å². The van der Waals surface area contributed by atoms with Crippen LogP contribution >= 0.6 is 0 Å². The number of hydrogen-bond donors (Lipinski definition) is 3. The zero-order valence-corrected chi connectivity index (χ0v) is 12.5. The maximum absolute atomic E-state index is 14.0. The number of rotatable bonds is 4. The van der Waals surface area contributed by atoms with Crippen LogP contribution in [-0.4, -0.2) is 23.7 Å². The summed E-state index contributed by atoms with van der Waals surface area (Å²) in [6.07, 6.45) is 0.415. The maximum Gasteiger partial charge on any atom is 0.254 e. The Hall–Kier alpha value is -1.62. The second-order valence-corrected chi connectivity index (χ2v) is 6.10. The monoisotopic (exact) mass is 282 g/mol. The van der Waals surface area contributed by atoms with Crippen molar-refractivity contribution >= 4 is 11.6 Å². The molecule has 0 radical (unpaired) electrons. The summed E-state index contributed by atoms with van der Waals surface area (Å²) >= 11 is 0. The van der Waals surface area contributed by atoms with Crippen LogP contribution in [0.2, 0.25) is 0 Å². The van der Waals surface area contributed by atoms with Crippen molar-refractivity contribution in [3.05, 3.63) is 29.1 Å². The standard InChI is InChI=1S/C15H23FN2O2/c1-9-7-10(17)8-11(13(9)16)14(20)18-12(5-6-19)15(2,3)4/h7-8,12,19H,5-6,17H2,1-4H3,(H,18,20). The van der Waals surface area contributed by atoms with Crippen LogP contribution in [0.15, 0.2) is 12.1 Å². The van der Waals surface area contributed by atoms with Gasteiger partial charge in [0.05, 0.1) is 5.56 Å². The van der Waals surface area contributed by atoms with Crippen LogP contribution in [0.4, 0.5) is 10.1 Å². The van der Waals surface area contributed by atoms with Gasteiger partial charge in [0, 0.05) is 18.3 Å². The molecule has 1 aromatic carbocycles. The molecule has 4 nitrogen and oxygen atoms in total. The Morgan fingerprint density at radius 2 is 2.05 bits per heavy atom. The number of halogens is 1. The summed E-state index contributed by atoms with van der Waals surface area (Å²) in [5.74, 6) is -1.07. The van der Waals surface area contributed by atoms with Crippen LogP contribution in [0.5, 0.6) is 0 Å². The van der Waals surface area contributed by atoms with E-state index in [9.17, 15) is 9.18 Å². The lowest BCUT2D eigenvalue weighted by molar-refractivity contribution is 0.0881. The summed E-state index contributed by atoms with van der Waals surface area (Å²) in [5.41, 5.74) is 6.05. The van der Waals surface area contributed by atoms with Gasteiger partial charge in [-0.2, -0.15) is 0 Å². The highest BCUT2D eigenvalue weighted by Crippen LogP contribution is 2.23. The normalized spacial score (nSPS) is 13.1. The van der Waals surface area contributed by atoms with Crippen molar-refractivity contribution < 1.29 is 14.3 Å². The fourth-order valence-corrected chi connectivity index (χ4v) is 2.05.